The van der Waals surface area contributed by atoms with Crippen LogP contribution in [0.4, 0.5) is 0 Å². The molecule has 1 heterocycles. The molecule has 0 amide bonds. The summed E-state index contributed by atoms with van der Waals surface area (Å²) in [5.41, 5.74) is 0.652. The molecule has 1 N–H and O–H groups in total. The maximum Gasteiger partial charge on any atom is 0.331 e. The van der Waals surface area contributed by atoms with E-state index in [9.17, 15) is 19.5 Å². The molecule has 0 spiro atoms. The number of aliphatic hydroxyl groups excluding tert-OH is 1. The van der Waals surface area contributed by atoms with Crippen LogP contribution in [0, 0.1) is 0 Å². The van der Waals surface area contributed by atoms with Crippen molar-refractivity contribution in [3.05, 3.63) is 60.2 Å². The zero-order chi connectivity index (χ0) is 19.6. The largest absolute Gasteiger partial charge is 0.462 e. The molecule has 2 rings (SSSR count). The molecule has 7 nitrogen and oxygen atoms in total. The minimum atomic E-state index is -1.17. The van der Waals surface area contributed by atoms with E-state index in [4.69, 9.17) is 14.2 Å². The Balaban J connectivity index is 2.18. The summed E-state index contributed by atoms with van der Waals surface area (Å²) in [6, 6.07) is 8.84. The van der Waals surface area contributed by atoms with E-state index in [0.717, 1.165) is 6.08 Å². The Kier molecular flexibility index (Phi) is 7.76. The predicted octanol–water partition coefficient (Wildman–Crippen LogP) is 2.01. The summed E-state index contributed by atoms with van der Waals surface area (Å²) in [5, 5.41) is 9.98. The summed E-state index contributed by atoms with van der Waals surface area (Å²) >= 11 is 0. The molecule has 0 radical (unpaired) electrons. The second kappa shape index (κ2) is 10.3. The molecule has 1 aromatic rings. The number of carbonyl (C=O) groups is 3. The first-order valence-corrected chi connectivity index (χ1v) is 8.60. The van der Waals surface area contributed by atoms with Crippen LogP contribution in [0.3, 0.4) is 0 Å². The highest BCUT2D eigenvalue weighted by Crippen LogP contribution is 2.23. The molecule has 1 aliphatic heterocycles. The van der Waals surface area contributed by atoms with E-state index in [0.29, 0.717) is 12.0 Å². The van der Waals surface area contributed by atoms with Crippen LogP contribution in [-0.2, 0) is 28.6 Å². The van der Waals surface area contributed by atoms with Crippen LogP contribution in [0.2, 0.25) is 0 Å². The van der Waals surface area contributed by atoms with E-state index < -0.39 is 36.2 Å². The molecular weight excluding hydrogens is 352 g/mol. The van der Waals surface area contributed by atoms with Crippen LogP contribution >= 0.6 is 0 Å². The van der Waals surface area contributed by atoms with Crippen molar-refractivity contribution >= 4 is 17.9 Å². The molecule has 0 aliphatic carbocycles. The molecule has 7 heteroatoms. The van der Waals surface area contributed by atoms with Gasteiger partial charge >= 0.3 is 17.9 Å². The first kappa shape index (κ1) is 20.4. The van der Waals surface area contributed by atoms with E-state index in [-0.39, 0.29) is 13.0 Å². The van der Waals surface area contributed by atoms with Crippen molar-refractivity contribution in [3.8, 4) is 0 Å². The lowest BCUT2D eigenvalue weighted by Crippen LogP contribution is -2.28. The van der Waals surface area contributed by atoms with Crippen LogP contribution in [0.5, 0.6) is 0 Å². The van der Waals surface area contributed by atoms with E-state index in [1.165, 1.54) is 25.2 Å². The normalized spacial score (nSPS) is 27.8. The molecule has 144 valence electrons. The highest BCUT2D eigenvalue weighted by Gasteiger charge is 2.23. The first-order chi connectivity index (χ1) is 13.0. The fraction of sp³-hybridized carbons (Fsp3) is 0.350. The van der Waals surface area contributed by atoms with Gasteiger partial charge in [0.2, 0.25) is 0 Å². The number of hydrogen-bond donors (Lipinski definition) is 1. The predicted molar refractivity (Wildman–Crippen MR) is 95.3 cm³/mol. The molecule has 3 atom stereocenters. The SMILES string of the molecule is C[C@@H]1OC(=O)C[C@H](c2ccccc2)OC(=O)/C=C\CCOC(=O)/C=C\[C@H]1O. The maximum atomic E-state index is 12.2. The maximum absolute atomic E-state index is 12.2. The van der Waals surface area contributed by atoms with Crippen LogP contribution in [0.1, 0.15) is 31.4 Å². The summed E-state index contributed by atoms with van der Waals surface area (Å²) < 4.78 is 15.5. The van der Waals surface area contributed by atoms with E-state index in [1.807, 2.05) is 6.07 Å². The summed E-state index contributed by atoms with van der Waals surface area (Å²) in [6.45, 7) is 1.57. The fourth-order valence-corrected chi connectivity index (χ4v) is 2.34. The van der Waals surface area contributed by atoms with E-state index >= 15 is 0 Å². The average Bonchev–Trinajstić information content (AvgIpc) is 2.65. The minimum Gasteiger partial charge on any atom is -0.462 e. The number of rotatable bonds is 1. The Morgan fingerprint density at radius 1 is 1.00 bits per heavy atom. The van der Waals surface area contributed by atoms with Crippen molar-refractivity contribution in [2.24, 2.45) is 0 Å². The van der Waals surface area contributed by atoms with Crippen molar-refractivity contribution in [1.82, 2.24) is 0 Å². The number of cyclic esters (lactones) is 3. The summed E-state index contributed by atoms with van der Waals surface area (Å²) in [4.78, 5) is 35.8. The van der Waals surface area contributed by atoms with Gasteiger partial charge in [-0.1, -0.05) is 36.4 Å². The fourth-order valence-electron chi connectivity index (χ4n) is 2.34. The summed E-state index contributed by atoms with van der Waals surface area (Å²) in [5.74, 6) is -1.90. The quantitative estimate of drug-likeness (QED) is 0.593. The van der Waals surface area contributed by atoms with E-state index in [2.05, 4.69) is 0 Å². The molecule has 0 saturated carbocycles. The third kappa shape index (κ3) is 7.07. The molecular formula is C20H22O7. The van der Waals surface area contributed by atoms with Gasteiger partial charge in [0.15, 0.2) is 0 Å². The lowest BCUT2D eigenvalue weighted by molar-refractivity contribution is -0.158. The van der Waals surface area contributed by atoms with Crippen molar-refractivity contribution in [1.29, 1.82) is 0 Å². The van der Waals surface area contributed by atoms with Gasteiger partial charge in [0, 0.05) is 18.6 Å². The van der Waals surface area contributed by atoms with Gasteiger partial charge in [-0.05, 0) is 18.6 Å². The zero-order valence-corrected chi connectivity index (χ0v) is 14.9. The van der Waals surface area contributed by atoms with Gasteiger partial charge < -0.3 is 19.3 Å². The average molecular weight is 374 g/mol. The number of hydrogen-bond acceptors (Lipinski definition) is 7. The molecule has 0 saturated heterocycles. The van der Waals surface area contributed by atoms with Gasteiger partial charge in [-0.2, -0.15) is 0 Å². The van der Waals surface area contributed by atoms with Crippen molar-refractivity contribution in [2.75, 3.05) is 6.61 Å². The summed E-state index contributed by atoms with van der Waals surface area (Å²) in [7, 11) is 0. The summed E-state index contributed by atoms with van der Waals surface area (Å²) in [6.07, 6.45) is 2.27. The monoisotopic (exact) mass is 374 g/mol. The van der Waals surface area contributed by atoms with Crippen LogP contribution in [0.25, 0.3) is 0 Å². The number of benzene rings is 1. The standard InChI is InChI=1S/C20H22O7/c1-14-16(21)10-11-18(22)25-12-6-5-9-19(23)27-17(13-20(24)26-14)15-7-3-2-4-8-15/h2-5,7-11,14,16-17,21H,6,12-13H2,1H3/b9-5-,11-10-/t14-,16+,17+/m0/s1. The van der Waals surface area contributed by atoms with Gasteiger partial charge in [0.1, 0.15) is 18.3 Å². The molecule has 0 unspecified atom stereocenters. The molecule has 1 aromatic carbocycles. The Morgan fingerprint density at radius 3 is 2.48 bits per heavy atom. The second-order valence-corrected chi connectivity index (χ2v) is 5.94. The molecule has 0 fully saturated rings. The van der Waals surface area contributed by atoms with Crippen molar-refractivity contribution in [2.45, 2.75) is 38.1 Å². The van der Waals surface area contributed by atoms with Gasteiger partial charge in [0.05, 0.1) is 13.0 Å². The Morgan fingerprint density at radius 2 is 1.74 bits per heavy atom. The number of esters is 3. The Hall–Kier alpha value is -2.93. The van der Waals surface area contributed by atoms with Gasteiger partial charge in [-0.3, -0.25) is 4.79 Å². The highest BCUT2D eigenvalue weighted by molar-refractivity contribution is 5.83. The van der Waals surface area contributed by atoms with Crippen LogP contribution in [-0.4, -0.2) is 41.8 Å². The first-order valence-electron chi connectivity index (χ1n) is 8.60. The number of aliphatic hydroxyl groups is 1. The molecule has 0 aromatic heterocycles. The number of ether oxygens (including phenoxy) is 3. The smallest absolute Gasteiger partial charge is 0.331 e. The lowest BCUT2D eigenvalue weighted by atomic mass is 10.1. The van der Waals surface area contributed by atoms with Crippen molar-refractivity contribution in [3.63, 3.8) is 0 Å². The molecule has 0 bridgehead atoms. The van der Waals surface area contributed by atoms with E-state index in [1.54, 1.807) is 24.3 Å². The van der Waals surface area contributed by atoms with Crippen LogP contribution in [0.15, 0.2) is 54.6 Å². The minimum absolute atomic E-state index is 0.0791. The van der Waals surface area contributed by atoms with Crippen molar-refractivity contribution < 1.29 is 33.7 Å². The highest BCUT2D eigenvalue weighted by atomic mass is 16.6. The number of carbonyl (C=O) groups excluding carboxylic acids is 3. The zero-order valence-electron chi connectivity index (χ0n) is 14.9. The Labute approximate surface area is 157 Å². The topological polar surface area (TPSA) is 99.1 Å². The Bertz CT molecular complexity index is 708. The lowest BCUT2D eigenvalue weighted by Gasteiger charge is -2.20. The third-order valence-electron chi connectivity index (χ3n) is 3.79. The third-order valence-corrected chi connectivity index (χ3v) is 3.79. The molecule has 1 aliphatic rings. The van der Waals surface area contributed by atoms with Gasteiger partial charge in [-0.15, -0.1) is 0 Å². The van der Waals surface area contributed by atoms with Gasteiger partial charge in [-0.25, -0.2) is 9.59 Å². The molecule has 27 heavy (non-hydrogen) atoms. The van der Waals surface area contributed by atoms with Gasteiger partial charge in [0.25, 0.3) is 0 Å². The second-order valence-electron chi connectivity index (χ2n) is 5.94. The van der Waals surface area contributed by atoms with Crippen LogP contribution < -0.4 is 0 Å².